The number of nitrogens with zero attached hydrogens (tertiary/aromatic N) is 3. The van der Waals surface area contributed by atoms with Crippen LogP contribution < -0.4 is 29.6 Å². The van der Waals surface area contributed by atoms with Gasteiger partial charge in [0.2, 0.25) is 12.7 Å². The first-order valence-corrected chi connectivity index (χ1v) is 16.8. The number of phenolic OH excluding ortho intramolecular Hbond substituents is 1. The molecular formula is C36H47N5O9. The lowest BCUT2D eigenvalue weighted by molar-refractivity contribution is -0.123. The number of hydrogen-bond donors (Lipinski definition) is 3. The van der Waals surface area contributed by atoms with Gasteiger partial charge in [-0.25, -0.2) is 4.79 Å². The van der Waals surface area contributed by atoms with Gasteiger partial charge in [0.15, 0.2) is 29.8 Å². The molecule has 6 atom stereocenters. The lowest BCUT2D eigenvalue weighted by Gasteiger charge is -2.60. The van der Waals surface area contributed by atoms with Crippen molar-refractivity contribution in [2.24, 2.45) is 0 Å². The van der Waals surface area contributed by atoms with Gasteiger partial charge in [0, 0.05) is 48.0 Å². The van der Waals surface area contributed by atoms with Crippen molar-refractivity contribution in [3.8, 4) is 34.8 Å². The summed E-state index contributed by atoms with van der Waals surface area (Å²) in [5.41, 5.74) is 4.08. The minimum atomic E-state index is -0.915. The molecule has 1 fully saturated rings. The Morgan fingerprint density at radius 3 is 2.50 bits per heavy atom. The molecule has 2 bridgehead atoms. The molecule has 50 heavy (non-hydrogen) atoms. The smallest absolute Gasteiger partial charge is 0.408 e. The van der Waals surface area contributed by atoms with Crippen LogP contribution in [-0.4, -0.2) is 98.1 Å². The highest BCUT2D eigenvalue weighted by molar-refractivity contribution is 5.85. The number of aromatic hydroxyl groups is 1. The molecule has 6 rings (SSSR count). The van der Waals surface area contributed by atoms with Gasteiger partial charge in [-0.15, -0.1) is 0 Å². The van der Waals surface area contributed by atoms with E-state index in [4.69, 9.17) is 28.4 Å². The Kier molecular flexibility index (Phi) is 9.45. The first-order valence-electron chi connectivity index (χ1n) is 16.8. The van der Waals surface area contributed by atoms with E-state index in [1.807, 2.05) is 14.0 Å². The summed E-state index contributed by atoms with van der Waals surface area (Å²) in [7, 11) is 5.20. The van der Waals surface area contributed by atoms with E-state index in [9.17, 15) is 20.0 Å². The molecule has 0 spiro atoms. The lowest BCUT2D eigenvalue weighted by atomic mass is 9.71. The molecule has 2 amide bonds. The molecule has 3 N–H and O–H groups in total. The number of methoxy groups -OCH3 is 2. The molecule has 0 aliphatic carbocycles. The summed E-state index contributed by atoms with van der Waals surface area (Å²) < 4.78 is 34.7. The monoisotopic (exact) mass is 693 g/mol. The molecule has 4 heterocycles. The van der Waals surface area contributed by atoms with Crippen LogP contribution in [-0.2, 0) is 27.1 Å². The second-order valence-corrected chi connectivity index (χ2v) is 14.4. The van der Waals surface area contributed by atoms with Gasteiger partial charge >= 0.3 is 6.09 Å². The summed E-state index contributed by atoms with van der Waals surface area (Å²) in [6.45, 7) is 10.6. The Balaban J connectivity index is 1.46. The van der Waals surface area contributed by atoms with E-state index < -0.39 is 35.7 Å². The molecule has 2 aromatic rings. The second-order valence-electron chi connectivity index (χ2n) is 14.4. The van der Waals surface area contributed by atoms with Gasteiger partial charge in [0.1, 0.15) is 23.4 Å². The normalized spacial score (nSPS) is 24.2. The largest absolute Gasteiger partial charge is 0.507 e. The van der Waals surface area contributed by atoms with Crippen molar-refractivity contribution in [2.75, 3.05) is 41.4 Å². The van der Waals surface area contributed by atoms with Crippen molar-refractivity contribution < 1.29 is 43.1 Å². The van der Waals surface area contributed by atoms with Crippen LogP contribution in [0.4, 0.5) is 4.79 Å². The van der Waals surface area contributed by atoms with Crippen LogP contribution in [0.2, 0.25) is 0 Å². The van der Waals surface area contributed by atoms with E-state index in [0.717, 1.165) is 16.7 Å². The molecule has 1 saturated heterocycles. The number of piperazine rings is 1. The van der Waals surface area contributed by atoms with Crippen LogP contribution in [0.1, 0.15) is 73.2 Å². The standard InChI is InChI=1S/C36H47N5O9/c1-17-10-20-11-22-24(13-37)41-23(28(40(22)7)26(20)32(30(17)46-9)47-15-45-8)12-21-27(33-31(48-16-49-33)18(2)29(21)42)25(41)14-38-34(43)19(3)39-35(44)50-36(4,5)6/h10,19,22-25,28,42H,11-12,14-16H2,1-9H3,(H,38,43)(H,39,44)/t19-,22-,23?,24?,25-,28+/m0/s1. The van der Waals surface area contributed by atoms with Crippen molar-refractivity contribution in [3.05, 3.63) is 39.4 Å². The fourth-order valence-corrected chi connectivity index (χ4v) is 8.18. The summed E-state index contributed by atoms with van der Waals surface area (Å²) in [4.78, 5) is 30.4. The SMILES string of the molecule is COCOc1c(OC)c(C)cc2c1[C@H]1C3Cc4c(O)c(C)c5c(c4[C@H](CNC(=O)[C@H](C)NC(=O)OC(C)(C)C)N3C(C#N)[C@H](C2)N1C)OCO5. The lowest BCUT2D eigenvalue weighted by Crippen LogP contribution is -2.69. The third-order valence-electron chi connectivity index (χ3n) is 10.2. The maximum Gasteiger partial charge on any atom is 0.408 e. The molecule has 4 aliphatic heterocycles. The fourth-order valence-electron chi connectivity index (χ4n) is 8.18. The van der Waals surface area contributed by atoms with Gasteiger partial charge in [0.05, 0.1) is 25.3 Å². The average molecular weight is 694 g/mol. The van der Waals surface area contributed by atoms with Crippen LogP contribution in [0.3, 0.4) is 0 Å². The number of amides is 2. The Morgan fingerprint density at radius 2 is 1.84 bits per heavy atom. The summed E-state index contributed by atoms with van der Waals surface area (Å²) in [6.07, 6.45) is 0.232. The molecular weight excluding hydrogens is 646 g/mol. The third kappa shape index (κ3) is 5.91. The van der Waals surface area contributed by atoms with Gasteiger partial charge in [-0.05, 0) is 72.6 Å². The molecule has 0 saturated carbocycles. The van der Waals surface area contributed by atoms with E-state index in [0.29, 0.717) is 52.5 Å². The van der Waals surface area contributed by atoms with Gasteiger partial charge in [0.25, 0.3) is 0 Å². The maximum absolute atomic E-state index is 13.5. The number of nitrogens with one attached hydrogen (secondary N) is 2. The quantitative estimate of drug-likeness (QED) is 0.345. The highest BCUT2D eigenvalue weighted by Crippen LogP contribution is 2.58. The van der Waals surface area contributed by atoms with Crippen molar-refractivity contribution in [2.45, 2.75) is 96.2 Å². The number of fused-ring (bicyclic) bond motifs is 9. The molecule has 2 unspecified atom stereocenters. The number of ether oxygens (including phenoxy) is 6. The van der Waals surface area contributed by atoms with Gasteiger partial charge in [-0.1, -0.05) is 6.07 Å². The highest BCUT2D eigenvalue weighted by Gasteiger charge is 2.57. The number of aryl methyl sites for hydroxylation is 1. The minimum absolute atomic E-state index is 0.0117. The summed E-state index contributed by atoms with van der Waals surface area (Å²) >= 11 is 0. The van der Waals surface area contributed by atoms with Crippen LogP contribution in [0.25, 0.3) is 0 Å². The van der Waals surface area contributed by atoms with Gasteiger partial charge in [-0.2, -0.15) is 5.26 Å². The number of carbonyl (C=O) groups excluding carboxylic acids is 2. The topological polar surface area (TPSA) is 164 Å². The second kappa shape index (κ2) is 13.4. The van der Waals surface area contributed by atoms with E-state index >= 15 is 0 Å². The number of alkyl carbamates (subject to hydrolysis) is 1. The first-order chi connectivity index (χ1) is 23.7. The van der Waals surface area contributed by atoms with E-state index in [-0.39, 0.29) is 44.0 Å². The first kappa shape index (κ1) is 35.4. The summed E-state index contributed by atoms with van der Waals surface area (Å²) in [5, 5.41) is 28.2. The predicted octanol–water partition coefficient (Wildman–Crippen LogP) is 3.53. The molecule has 0 aromatic heterocycles. The minimum Gasteiger partial charge on any atom is -0.507 e. The zero-order valence-corrected chi connectivity index (χ0v) is 30.1. The Bertz CT molecular complexity index is 1730. The molecule has 4 aliphatic rings. The molecule has 0 radical (unpaired) electrons. The molecule has 14 heteroatoms. The summed E-state index contributed by atoms with van der Waals surface area (Å²) in [6, 6.07) is 1.73. The van der Waals surface area contributed by atoms with Crippen molar-refractivity contribution in [1.29, 1.82) is 5.26 Å². The zero-order chi connectivity index (χ0) is 36.2. The Labute approximate surface area is 292 Å². The molecule has 2 aromatic carbocycles. The zero-order valence-electron chi connectivity index (χ0n) is 30.1. The van der Waals surface area contributed by atoms with E-state index in [1.165, 1.54) is 0 Å². The van der Waals surface area contributed by atoms with Crippen molar-refractivity contribution in [1.82, 2.24) is 20.4 Å². The molecule has 270 valence electrons. The number of phenols is 1. The highest BCUT2D eigenvalue weighted by atomic mass is 16.7. The number of nitriles is 1. The van der Waals surface area contributed by atoms with E-state index in [1.54, 1.807) is 48.8 Å². The Morgan fingerprint density at radius 1 is 1.12 bits per heavy atom. The van der Waals surface area contributed by atoms with Gasteiger partial charge in [-0.3, -0.25) is 14.6 Å². The number of hydrogen-bond acceptors (Lipinski definition) is 12. The van der Waals surface area contributed by atoms with E-state index in [2.05, 4.69) is 32.6 Å². The number of likely N-dealkylation sites (N-methyl/N-ethyl adjacent to an activating group) is 1. The van der Waals surface area contributed by atoms with Crippen LogP contribution >= 0.6 is 0 Å². The molecule has 14 nitrogen and oxygen atoms in total. The van der Waals surface area contributed by atoms with Crippen LogP contribution in [0, 0.1) is 25.2 Å². The third-order valence-corrected chi connectivity index (χ3v) is 10.2. The summed E-state index contributed by atoms with van der Waals surface area (Å²) in [5.74, 6) is 1.78. The fraction of sp³-hybridized carbons (Fsp3) is 0.583. The van der Waals surface area contributed by atoms with Gasteiger partial charge < -0.3 is 44.2 Å². The van der Waals surface area contributed by atoms with Crippen LogP contribution in [0.15, 0.2) is 6.07 Å². The number of benzene rings is 2. The maximum atomic E-state index is 13.5. The van der Waals surface area contributed by atoms with Crippen molar-refractivity contribution in [3.63, 3.8) is 0 Å². The Hall–Kier alpha value is -4.45. The van der Waals surface area contributed by atoms with Crippen molar-refractivity contribution >= 4 is 12.0 Å². The number of rotatable bonds is 8. The van der Waals surface area contributed by atoms with Crippen LogP contribution in [0.5, 0.6) is 28.7 Å². The number of carbonyl (C=O) groups is 2. The average Bonchev–Trinajstić information content (AvgIpc) is 3.54. The predicted molar refractivity (Wildman–Crippen MR) is 181 cm³/mol.